The fraction of sp³-hybridized carbons (Fsp3) is 0.308. The van der Waals surface area contributed by atoms with Crippen LogP contribution in [0.2, 0.25) is 5.02 Å². The van der Waals surface area contributed by atoms with E-state index in [0.29, 0.717) is 12.2 Å². The second-order valence-corrected chi connectivity index (χ2v) is 5.32. The first-order valence-electron chi connectivity index (χ1n) is 5.94. The van der Waals surface area contributed by atoms with Crippen molar-refractivity contribution in [3.8, 4) is 0 Å². The number of nitrogens with one attached hydrogen (secondary N) is 1. The van der Waals surface area contributed by atoms with Gasteiger partial charge in [0.2, 0.25) is 0 Å². The Morgan fingerprint density at radius 1 is 1.47 bits per heavy atom. The highest BCUT2D eigenvalue weighted by Gasteiger charge is 2.13. The quantitative estimate of drug-likeness (QED) is 0.890. The van der Waals surface area contributed by atoms with E-state index in [4.69, 9.17) is 11.6 Å². The van der Waals surface area contributed by atoms with Crippen molar-refractivity contribution in [2.45, 2.75) is 26.9 Å². The van der Waals surface area contributed by atoms with E-state index in [-0.39, 0.29) is 5.02 Å². The van der Waals surface area contributed by atoms with E-state index in [0.717, 1.165) is 22.4 Å². The topological polar surface area (TPSA) is 29.9 Å². The van der Waals surface area contributed by atoms with Gasteiger partial charge in [0, 0.05) is 6.54 Å². The molecule has 2 aromatic rings. The number of anilines is 1. The second-order valence-electron chi connectivity index (χ2n) is 4.12. The van der Waals surface area contributed by atoms with Crippen LogP contribution in [0.15, 0.2) is 22.7 Å². The molecule has 0 fully saturated rings. The summed E-state index contributed by atoms with van der Waals surface area (Å²) >= 11 is 9.25. The molecule has 0 aliphatic heterocycles. The van der Waals surface area contributed by atoms with Crippen LogP contribution in [-0.2, 0) is 13.1 Å². The summed E-state index contributed by atoms with van der Waals surface area (Å²) in [6.45, 7) is 5.19. The van der Waals surface area contributed by atoms with Gasteiger partial charge in [-0.05, 0) is 41.9 Å². The normalized spacial score (nSPS) is 10.8. The molecule has 0 saturated carbocycles. The van der Waals surface area contributed by atoms with Gasteiger partial charge in [0.25, 0.3) is 0 Å². The third-order valence-electron chi connectivity index (χ3n) is 2.85. The van der Waals surface area contributed by atoms with Crippen LogP contribution in [0.5, 0.6) is 0 Å². The van der Waals surface area contributed by atoms with Crippen LogP contribution in [0.25, 0.3) is 0 Å². The smallest absolute Gasteiger partial charge is 0.164 e. The lowest BCUT2D eigenvalue weighted by molar-refractivity contribution is 0.616. The van der Waals surface area contributed by atoms with E-state index in [2.05, 4.69) is 26.3 Å². The van der Waals surface area contributed by atoms with Crippen LogP contribution in [0.3, 0.4) is 0 Å². The molecular formula is C13H14BrClFN3. The maximum atomic E-state index is 13.8. The predicted octanol–water partition coefficient (Wildman–Crippen LogP) is 4.38. The molecule has 0 saturated heterocycles. The third-order valence-corrected chi connectivity index (χ3v) is 4.17. The summed E-state index contributed by atoms with van der Waals surface area (Å²) in [4.78, 5) is 0. The van der Waals surface area contributed by atoms with E-state index in [9.17, 15) is 4.39 Å². The zero-order chi connectivity index (χ0) is 14.0. The first-order chi connectivity index (χ1) is 9.04. The van der Waals surface area contributed by atoms with Crippen LogP contribution < -0.4 is 5.32 Å². The molecule has 1 aromatic heterocycles. The van der Waals surface area contributed by atoms with Gasteiger partial charge >= 0.3 is 0 Å². The van der Waals surface area contributed by atoms with E-state index >= 15 is 0 Å². The number of aryl methyl sites for hydroxylation is 2. The van der Waals surface area contributed by atoms with Crippen LogP contribution in [0, 0.1) is 12.7 Å². The Morgan fingerprint density at radius 2 is 2.21 bits per heavy atom. The SMILES string of the molecule is CCn1nc(C)c(Br)c1CNc1cccc(Cl)c1F. The summed E-state index contributed by atoms with van der Waals surface area (Å²) in [5, 5.41) is 7.55. The first kappa shape index (κ1) is 14.3. The number of hydrogen-bond acceptors (Lipinski definition) is 2. The first-order valence-corrected chi connectivity index (χ1v) is 7.11. The fourth-order valence-electron chi connectivity index (χ4n) is 1.86. The lowest BCUT2D eigenvalue weighted by Crippen LogP contribution is -2.09. The monoisotopic (exact) mass is 345 g/mol. The molecule has 0 amide bonds. The second kappa shape index (κ2) is 5.92. The average molecular weight is 347 g/mol. The number of aromatic nitrogens is 2. The summed E-state index contributed by atoms with van der Waals surface area (Å²) in [6, 6.07) is 4.90. The Labute approximate surface area is 124 Å². The molecule has 0 aliphatic carbocycles. The Morgan fingerprint density at radius 3 is 2.89 bits per heavy atom. The zero-order valence-electron chi connectivity index (χ0n) is 10.7. The minimum absolute atomic E-state index is 0.115. The van der Waals surface area contributed by atoms with Crippen LogP contribution in [0.1, 0.15) is 18.3 Å². The molecule has 0 spiro atoms. The Bertz CT molecular complexity index is 598. The van der Waals surface area contributed by atoms with Gasteiger partial charge in [0.05, 0.1) is 33.1 Å². The number of rotatable bonds is 4. The van der Waals surface area contributed by atoms with Crippen molar-refractivity contribution in [2.75, 3.05) is 5.32 Å². The molecule has 0 unspecified atom stereocenters. The third kappa shape index (κ3) is 2.92. The predicted molar refractivity (Wildman–Crippen MR) is 79.1 cm³/mol. The van der Waals surface area contributed by atoms with Gasteiger partial charge in [-0.25, -0.2) is 4.39 Å². The lowest BCUT2D eigenvalue weighted by Gasteiger charge is -2.10. The summed E-state index contributed by atoms with van der Waals surface area (Å²) in [5.41, 5.74) is 2.30. The van der Waals surface area contributed by atoms with E-state index < -0.39 is 5.82 Å². The summed E-state index contributed by atoms with van der Waals surface area (Å²) in [6.07, 6.45) is 0. The van der Waals surface area contributed by atoms with Gasteiger partial charge in [-0.3, -0.25) is 4.68 Å². The number of nitrogens with zero attached hydrogens (tertiary/aromatic N) is 2. The highest BCUT2D eigenvalue weighted by Crippen LogP contribution is 2.25. The summed E-state index contributed by atoms with van der Waals surface area (Å²) in [5.74, 6) is -0.431. The van der Waals surface area contributed by atoms with E-state index in [1.807, 2.05) is 18.5 Å². The molecule has 102 valence electrons. The number of halogens is 3. The molecule has 0 aliphatic rings. The molecule has 1 N–H and O–H groups in total. The zero-order valence-corrected chi connectivity index (χ0v) is 13.0. The van der Waals surface area contributed by atoms with Gasteiger partial charge in [0.1, 0.15) is 0 Å². The number of benzene rings is 1. The van der Waals surface area contributed by atoms with Gasteiger partial charge in [-0.15, -0.1) is 0 Å². The molecule has 0 radical (unpaired) electrons. The van der Waals surface area contributed by atoms with Crippen LogP contribution >= 0.6 is 27.5 Å². The van der Waals surface area contributed by atoms with E-state index in [1.165, 1.54) is 6.07 Å². The maximum absolute atomic E-state index is 13.8. The van der Waals surface area contributed by atoms with E-state index in [1.54, 1.807) is 12.1 Å². The summed E-state index contributed by atoms with van der Waals surface area (Å²) in [7, 11) is 0. The largest absolute Gasteiger partial charge is 0.377 e. The molecule has 1 heterocycles. The highest BCUT2D eigenvalue weighted by molar-refractivity contribution is 9.10. The molecule has 1 aromatic carbocycles. The Balaban J connectivity index is 2.21. The standard InChI is InChI=1S/C13H14BrClFN3/c1-3-19-11(12(14)8(2)18-19)7-17-10-6-4-5-9(15)13(10)16/h4-6,17H,3,7H2,1-2H3. The van der Waals surface area contributed by atoms with Gasteiger partial charge in [-0.2, -0.15) is 5.10 Å². The summed E-state index contributed by atoms with van der Waals surface area (Å²) < 4.78 is 16.6. The van der Waals surface area contributed by atoms with Crippen molar-refractivity contribution in [1.82, 2.24) is 9.78 Å². The van der Waals surface area contributed by atoms with Crippen molar-refractivity contribution in [3.05, 3.63) is 44.9 Å². The van der Waals surface area contributed by atoms with Crippen molar-refractivity contribution < 1.29 is 4.39 Å². The van der Waals surface area contributed by atoms with Gasteiger partial charge < -0.3 is 5.32 Å². The van der Waals surface area contributed by atoms with Crippen molar-refractivity contribution in [3.63, 3.8) is 0 Å². The molecule has 0 bridgehead atoms. The molecule has 2 rings (SSSR count). The minimum Gasteiger partial charge on any atom is -0.377 e. The van der Waals surface area contributed by atoms with Gasteiger partial charge in [-0.1, -0.05) is 17.7 Å². The van der Waals surface area contributed by atoms with Gasteiger partial charge in [0.15, 0.2) is 5.82 Å². The van der Waals surface area contributed by atoms with Crippen molar-refractivity contribution >= 4 is 33.2 Å². The highest BCUT2D eigenvalue weighted by atomic mass is 79.9. The molecular weight excluding hydrogens is 333 g/mol. The number of hydrogen-bond donors (Lipinski definition) is 1. The van der Waals surface area contributed by atoms with Crippen LogP contribution in [-0.4, -0.2) is 9.78 Å². The fourth-order valence-corrected chi connectivity index (χ4v) is 2.46. The molecule has 3 nitrogen and oxygen atoms in total. The molecule has 0 atom stereocenters. The van der Waals surface area contributed by atoms with Crippen LogP contribution in [0.4, 0.5) is 10.1 Å². The minimum atomic E-state index is -0.431. The maximum Gasteiger partial charge on any atom is 0.164 e. The molecule has 19 heavy (non-hydrogen) atoms. The van der Waals surface area contributed by atoms with Crippen molar-refractivity contribution in [1.29, 1.82) is 0 Å². The lowest BCUT2D eigenvalue weighted by atomic mass is 10.3. The van der Waals surface area contributed by atoms with Crippen molar-refractivity contribution in [2.24, 2.45) is 0 Å². The average Bonchev–Trinajstić information content (AvgIpc) is 2.67. The Hall–Kier alpha value is -1.07. The Kier molecular flexibility index (Phi) is 4.47. The molecule has 6 heteroatoms.